The van der Waals surface area contributed by atoms with Crippen LogP contribution in [-0.2, 0) is 0 Å². The molecule has 0 N–H and O–H groups in total. The summed E-state index contributed by atoms with van der Waals surface area (Å²) in [6.45, 7) is 0. The van der Waals surface area contributed by atoms with Gasteiger partial charge in [0.1, 0.15) is 5.82 Å². The fourth-order valence-corrected chi connectivity index (χ4v) is 6.51. The second-order valence-electron chi connectivity index (χ2n) is 10.3. The Kier molecular flexibility index (Phi) is 4.30. The first kappa shape index (κ1) is 21.5. The summed E-state index contributed by atoms with van der Waals surface area (Å²) in [5.74, 6) is 0.899. The molecule has 4 nitrogen and oxygen atoms in total. The highest BCUT2D eigenvalue weighted by atomic mass is 15.1. The number of hydrogen-bond acceptors (Lipinski definition) is 2. The summed E-state index contributed by atoms with van der Waals surface area (Å²) in [7, 11) is 0. The Bertz CT molecular complexity index is 2430. The fourth-order valence-electron chi connectivity index (χ4n) is 6.51. The summed E-state index contributed by atoms with van der Waals surface area (Å²) >= 11 is 0. The van der Waals surface area contributed by atoms with Crippen molar-refractivity contribution in [3.05, 3.63) is 134 Å². The summed E-state index contributed by atoms with van der Waals surface area (Å²) < 4.78 is 4.78. The van der Waals surface area contributed by atoms with E-state index in [-0.39, 0.29) is 0 Å². The summed E-state index contributed by atoms with van der Waals surface area (Å²) in [4.78, 5) is 9.40. The lowest BCUT2D eigenvalue weighted by Gasteiger charge is -2.14. The number of hydrogen-bond donors (Lipinski definition) is 0. The molecular weight excluding hydrogens is 488 g/mol. The largest absolute Gasteiger partial charge is 0.309 e. The first-order valence-corrected chi connectivity index (χ1v) is 13.5. The van der Waals surface area contributed by atoms with E-state index in [9.17, 15) is 0 Å². The third-order valence-electron chi connectivity index (χ3n) is 8.18. The molecule has 9 rings (SSSR count). The van der Waals surface area contributed by atoms with E-state index in [0.717, 1.165) is 22.6 Å². The van der Waals surface area contributed by atoms with E-state index in [1.807, 2.05) is 24.5 Å². The highest BCUT2D eigenvalue weighted by molar-refractivity contribution is 6.28. The van der Waals surface area contributed by atoms with Gasteiger partial charge in [-0.2, -0.15) is 0 Å². The number of para-hydroxylation sites is 3. The van der Waals surface area contributed by atoms with Crippen LogP contribution in [0, 0.1) is 0 Å². The number of benzene rings is 4. The van der Waals surface area contributed by atoms with Crippen LogP contribution in [0.5, 0.6) is 0 Å². The monoisotopic (exact) mass is 510 g/mol. The molecule has 0 saturated heterocycles. The highest BCUT2D eigenvalue weighted by Crippen LogP contribution is 2.42. The zero-order valence-corrected chi connectivity index (χ0v) is 21.5. The molecule has 0 bridgehead atoms. The lowest BCUT2D eigenvalue weighted by molar-refractivity contribution is 1.09. The quantitative estimate of drug-likeness (QED) is 0.218. The van der Waals surface area contributed by atoms with Crippen molar-refractivity contribution in [1.29, 1.82) is 0 Å². The molecular formula is C36H22N4. The average Bonchev–Trinajstić information content (AvgIpc) is 3.58. The molecule has 0 aliphatic carbocycles. The summed E-state index contributed by atoms with van der Waals surface area (Å²) in [5.41, 5.74) is 7.93. The van der Waals surface area contributed by atoms with Crippen molar-refractivity contribution in [3.8, 4) is 17.1 Å². The number of fused-ring (bicyclic) bond motifs is 12. The van der Waals surface area contributed by atoms with Crippen LogP contribution in [0.3, 0.4) is 0 Å². The van der Waals surface area contributed by atoms with Crippen LogP contribution in [0.2, 0.25) is 0 Å². The van der Waals surface area contributed by atoms with Gasteiger partial charge in [0.15, 0.2) is 0 Å². The van der Waals surface area contributed by atoms with E-state index >= 15 is 0 Å². The maximum Gasteiger partial charge on any atom is 0.138 e. The molecule has 0 aliphatic heterocycles. The Morgan fingerprint density at radius 3 is 2.05 bits per heavy atom. The van der Waals surface area contributed by atoms with Gasteiger partial charge in [0.05, 0.1) is 33.3 Å². The number of rotatable bonds is 2. The van der Waals surface area contributed by atoms with E-state index in [0.29, 0.717) is 0 Å². The minimum atomic E-state index is 0.899. The topological polar surface area (TPSA) is 35.1 Å². The van der Waals surface area contributed by atoms with Crippen LogP contribution < -0.4 is 0 Å². The van der Waals surface area contributed by atoms with Gasteiger partial charge in [-0.15, -0.1) is 0 Å². The van der Waals surface area contributed by atoms with Gasteiger partial charge < -0.3 is 4.40 Å². The molecule has 4 aromatic carbocycles. The van der Waals surface area contributed by atoms with Gasteiger partial charge in [0.2, 0.25) is 0 Å². The van der Waals surface area contributed by atoms with Crippen LogP contribution in [-0.4, -0.2) is 18.9 Å². The van der Waals surface area contributed by atoms with Gasteiger partial charge in [-0.05, 0) is 53.9 Å². The van der Waals surface area contributed by atoms with Crippen LogP contribution >= 0.6 is 0 Å². The molecule has 5 aromatic heterocycles. The van der Waals surface area contributed by atoms with Crippen molar-refractivity contribution in [2.75, 3.05) is 0 Å². The van der Waals surface area contributed by atoms with Crippen molar-refractivity contribution in [2.24, 2.45) is 0 Å². The van der Waals surface area contributed by atoms with E-state index < -0.39 is 0 Å². The van der Waals surface area contributed by atoms with Gasteiger partial charge in [-0.3, -0.25) is 9.55 Å². The predicted molar refractivity (Wildman–Crippen MR) is 165 cm³/mol. The first-order chi connectivity index (χ1) is 19.9. The number of nitrogens with zero attached hydrogens (tertiary/aromatic N) is 4. The van der Waals surface area contributed by atoms with Gasteiger partial charge >= 0.3 is 0 Å². The molecule has 186 valence electrons. The van der Waals surface area contributed by atoms with Crippen molar-refractivity contribution >= 4 is 59.9 Å². The van der Waals surface area contributed by atoms with Crippen LogP contribution in [0.1, 0.15) is 0 Å². The van der Waals surface area contributed by atoms with Crippen LogP contribution in [0.15, 0.2) is 134 Å². The van der Waals surface area contributed by atoms with Crippen molar-refractivity contribution < 1.29 is 0 Å². The van der Waals surface area contributed by atoms with Gasteiger partial charge in [-0.25, -0.2) is 4.98 Å². The van der Waals surface area contributed by atoms with Crippen molar-refractivity contribution in [1.82, 2.24) is 18.9 Å². The molecule has 0 saturated carbocycles. The van der Waals surface area contributed by atoms with Crippen molar-refractivity contribution in [3.63, 3.8) is 0 Å². The normalized spacial score (nSPS) is 12.0. The predicted octanol–water partition coefficient (Wildman–Crippen LogP) is 8.95. The van der Waals surface area contributed by atoms with E-state index in [2.05, 4.69) is 123 Å². The molecule has 5 heterocycles. The smallest absolute Gasteiger partial charge is 0.138 e. The SMILES string of the molecule is c1cc(-c2ccncc2)nc(-n2c3ccccc3c3ccc4c5ccccc5n5c6ccccc6cc5c4c32)c1. The Labute approximate surface area is 229 Å². The molecule has 0 spiro atoms. The molecule has 0 atom stereocenters. The van der Waals surface area contributed by atoms with Gasteiger partial charge in [0, 0.05) is 44.9 Å². The maximum absolute atomic E-state index is 5.21. The Hall–Kier alpha value is -5.48. The maximum atomic E-state index is 5.21. The summed E-state index contributed by atoms with van der Waals surface area (Å²) in [5, 5.41) is 7.40. The zero-order chi connectivity index (χ0) is 26.2. The highest BCUT2D eigenvalue weighted by Gasteiger charge is 2.20. The summed E-state index contributed by atoms with van der Waals surface area (Å²) in [6, 6.07) is 43.3. The number of aromatic nitrogens is 4. The second kappa shape index (κ2) is 8.01. The standard InChI is InChI=1S/C36H22N4/c1-4-12-30-24(8-1)22-33-35-27(25-9-2-5-13-31(25)39(30)33)16-17-28-26-10-3-6-14-32(26)40(36(28)35)34-15-7-11-29(38-34)23-18-20-37-21-19-23/h1-22H. The third kappa shape index (κ3) is 2.85. The molecule has 0 amide bonds. The van der Waals surface area contributed by atoms with Gasteiger partial charge in [-0.1, -0.05) is 72.8 Å². The Morgan fingerprint density at radius 1 is 0.500 bits per heavy atom. The lowest BCUT2D eigenvalue weighted by Crippen LogP contribution is -2.00. The molecule has 40 heavy (non-hydrogen) atoms. The lowest BCUT2D eigenvalue weighted by atomic mass is 10.0. The van der Waals surface area contributed by atoms with Crippen LogP contribution in [0.4, 0.5) is 0 Å². The van der Waals surface area contributed by atoms with E-state index in [4.69, 9.17) is 4.98 Å². The molecule has 0 unspecified atom stereocenters. The van der Waals surface area contributed by atoms with E-state index in [1.54, 1.807) is 0 Å². The Balaban J connectivity index is 1.53. The van der Waals surface area contributed by atoms with Crippen molar-refractivity contribution in [2.45, 2.75) is 0 Å². The second-order valence-corrected chi connectivity index (χ2v) is 10.3. The molecule has 9 aromatic rings. The molecule has 0 radical (unpaired) electrons. The van der Waals surface area contributed by atoms with E-state index in [1.165, 1.54) is 54.4 Å². The average molecular weight is 511 g/mol. The Morgan fingerprint density at radius 2 is 1.20 bits per heavy atom. The van der Waals surface area contributed by atoms with Gasteiger partial charge in [0.25, 0.3) is 0 Å². The first-order valence-electron chi connectivity index (χ1n) is 13.5. The van der Waals surface area contributed by atoms with Crippen LogP contribution in [0.25, 0.3) is 77.0 Å². The molecule has 0 aliphatic rings. The zero-order valence-electron chi connectivity index (χ0n) is 21.5. The minimum Gasteiger partial charge on any atom is -0.309 e. The fraction of sp³-hybridized carbons (Fsp3) is 0. The number of pyridine rings is 3. The molecule has 4 heteroatoms. The minimum absolute atomic E-state index is 0.899. The third-order valence-corrected chi connectivity index (χ3v) is 8.18. The molecule has 0 fully saturated rings. The summed E-state index contributed by atoms with van der Waals surface area (Å²) in [6.07, 6.45) is 3.63.